The molecular formula is C28H31F3N2O5. The molecule has 1 aliphatic rings. The summed E-state index contributed by atoms with van der Waals surface area (Å²) in [6, 6.07) is 9.81. The summed E-state index contributed by atoms with van der Waals surface area (Å²) >= 11 is 0. The number of nitrogens with one attached hydrogen (secondary N) is 1. The predicted molar refractivity (Wildman–Crippen MR) is 135 cm³/mol. The fourth-order valence-corrected chi connectivity index (χ4v) is 4.56. The minimum atomic E-state index is -4.51. The Hall–Kier alpha value is -3.69. The number of hydrogen-bond donors (Lipinski definition) is 1. The summed E-state index contributed by atoms with van der Waals surface area (Å²) in [5, 5.41) is 3.44. The number of ether oxygens (including phenoxy) is 2. The highest BCUT2D eigenvalue weighted by atomic mass is 19.4. The number of halogens is 3. The molecule has 1 aromatic heterocycles. The normalized spacial score (nSPS) is 16.9. The Morgan fingerprint density at radius 2 is 1.84 bits per heavy atom. The maximum absolute atomic E-state index is 13.5. The van der Waals surface area contributed by atoms with Crippen LogP contribution in [0.25, 0.3) is 11.0 Å². The van der Waals surface area contributed by atoms with E-state index >= 15 is 0 Å². The van der Waals surface area contributed by atoms with Crippen molar-refractivity contribution in [3.8, 4) is 5.75 Å². The summed E-state index contributed by atoms with van der Waals surface area (Å²) in [5.41, 5.74) is -0.603. The number of benzene rings is 2. The molecule has 2 atom stereocenters. The minimum Gasteiger partial charge on any atom is -0.486 e. The van der Waals surface area contributed by atoms with Crippen molar-refractivity contribution in [2.45, 2.75) is 65.0 Å². The van der Waals surface area contributed by atoms with Gasteiger partial charge < -0.3 is 24.1 Å². The van der Waals surface area contributed by atoms with Crippen LogP contribution in [-0.2, 0) is 10.9 Å². The monoisotopic (exact) mass is 532 g/mol. The molecule has 2 amide bonds. The number of nitrogens with zero attached hydrogens (tertiary/aromatic N) is 1. The van der Waals surface area contributed by atoms with Crippen molar-refractivity contribution >= 4 is 23.0 Å². The molecule has 2 aromatic carbocycles. The summed E-state index contributed by atoms with van der Waals surface area (Å²) < 4.78 is 57.4. The van der Waals surface area contributed by atoms with Gasteiger partial charge in [0.15, 0.2) is 0 Å². The van der Waals surface area contributed by atoms with Crippen LogP contribution in [-0.4, -0.2) is 41.6 Å². The van der Waals surface area contributed by atoms with Crippen molar-refractivity contribution in [2.75, 3.05) is 13.1 Å². The van der Waals surface area contributed by atoms with Gasteiger partial charge in [-0.25, -0.2) is 4.79 Å². The lowest BCUT2D eigenvalue weighted by atomic mass is 10.0. The van der Waals surface area contributed by atoms with Gasteiger partial charge in [-0.15, -0.1) is 0 Å². The quantitative estimate of drug-likeness (QED) is 0.399. The topological polar surface area (TPSA) is 81.0 Å². The van der Waals surface area contributed by atoms with Crippen LogP contribution in [0.2, 0.25) is 0 Å². The van der Waals surface area contributed by atoms with Gasteiger partial charge >= 0.3 is 12.3 Å². The minimum absolute atomic E-state index is 0.0113. The van der Waals surface area contributed by atoms with Gasteiger partial charge in [0.1, 0.15) is 28.8 Å². The van der Waals surface area contributed by atoms with E-state index in [1.807, 2.05) is 0 Å². The van der Waals surface area contributed by atoms with Gasteiger partial charge in [0.2, 0.25) is 0 Å². The van der Waals surface area contributed by atoms with E-state index in [9.17, 15) is 22.8 Å². The molecule has 0 bridgehead atoms. The summed E-state index contributed by atoms with van der Waals surface area (Å²) in [4.78, 5) is 27.2. The van der Waals surface area contributed by atoms with E-state index in [0.29, 0.717) is 47.6 Å². The molecule has 2 heterocycles. The third kappa shape index (κ3) is 6.06. The molecule has 10 heteroatoms. The third-order valence-electron chi connectivity index (χ3n) is 6.25. The van der Waals surface area contributed by atoms with E-state index in [-0.39, 0.29) is 17.5 Å². The summed E-state index contributed by atoms with van der Waals surface area (Å²) in [5.74, 6) is 0.325. The molecule has 1 unspecified atom stereocenters. The van der Waals surface area contributed by atoms with E-state index in [1.165, 1.54) is 18.2 Å². The first-order valence-electron chi connectivity index (χ1n) is 12.4. The number of fused-ring (bicyclic) bond motifs is 1. The number of amides is 2. The lowest BCUT2D eigenvalue weighted by Gasteiger charge is -2.24. The van der Waals surface area contributed by atoms with Gasteiger partial charge in [0.05, 0.1) is 11.1 Å². The molecule has 1 aliphatic heterocycles. The van der Waals surface area contributed by atoms with Crippen molar-refractivity contribution in [3.05, 3.63) is 64.9 Å². The van der Waals surface area contributed by atoms with Crippen LogP contribution in [0.5, 0.6) is 5.75 Å². The molecule has 4 rings (SSSR count). The van der Waals surface area contributed by atoms with Gasteiger partial charge in [-0.2, -0.15) is 13.2 Å². The SMILES string of the molecule is Cc1oc2ccc(OC(C)c3ccccc3C(F)(F)F)cc2c1C(=O)N[C@H]1CCN(C(=O)OC(C)(C)C)C1. The van der Waals surface area contributed by atoms with Gasteiger partial charge in [0.25, 0.3) is 5.91 Å². The Bertz CT molecular complexity index is 1340. The largest absolute Gasteiger partial charge is 0.486 e. The third-order valence-corrected chi connectivity index (χ3v) is 6.25. The van der Waals surface area contributed by atoms with E-state index in [4.69, 9.17) is 13.9 Å². The average Bonchev–Trinajstić information content (AvgIpc) is 3.40. The molecule has 0 radical (unpaired) electrons. The van der Waals surface area contributed by atoms with E-state index in [2.05, 4.69) is 5.32 Å². The highest BCUT2D eigenvalue weighted by Crippen LogP contribution is 2.37. The number of carbonyl (C=O) groups is 2. The van der Waals surface area contributed by atoms with Crippen molar-refractivity contribution < 1.29 is 36.7 Å². The fraction of sp³-hybridized carbons (Fsp3) is 0.429. The van der Waals surface area contributed by atoms with E-state index < -0.39 is 29.5 Å². The van der Waals surface area contributed by atoms with Gasteiger partial charge in [-0.1, -0.05) is 18.2 Å². The van der Waals surface area contributed by atoms with Crippen LogP contribution in [0.4, 0.5) is 18.0 Å². The highest BCUT2D eigenvalue weighted by Gasteiger charge is 2.35. The van der Waals surface area contributed by atoms with E-state index in [1.54, 1.807) is 57.7 Å². The zero-order chi connectivity index (χ0) is 27.8. The molecule has 1 fully saturated rings. The molecule has 3 aromatic rings. The van der Waals surface area contributed by atoms with Gasteiger partial charge in [0, 0.05) is 30.1 Å². The van der Waals surface area contributed by atoms with Crippen LogP contribution in [0, 0.1) is 6.92 Å². The summed E-state index contributed by atoms with van der Waals surface area (Å²) in [7, 11) is 0. The van der Waals surface area contributed by atoms with Crippen molar-refractivity contribution in [1.29, 1.82) is 0 Å². The number of rotatable bonds is 5. The fourth-order valence-electron chi connectivity index (χ4n) is 4.56. The zero-order valence-corrected chi connectivity index (χ0v) is 21.9. The van der Waals surface area contributed by atoms with Crippen LogP contribution in [0.3, 0.4) is 0 Å². The van der Waals surface area contributed by atoms with Crippen LogP contribution in [0.1, 0.15) is 67.5 Å². The summed E-state index contributed by atoms with van der Waals surface area (Å²) in [6.07, 6.45) is -5.26. The van der Waals surface area contributed by atoms with E-state index in [0.717, 1.165) is 6.07 Å². The lowest BCUT2D eigenvalue weighted by Crippen LogP contribution is -2.40. The van der Waals surface area contributed by atoms with Crippen molar-refractivity contribution in [2.24, 2.45) is 0 Å². The van der Waals surface area contributed by atoms with Gasteiger partial charge in [-0.3, -0.25) is 4.79 Å². The van der Waals surface area contributed by atoms with Crippen LogP contribution in [0.15, 0.2) is 46.9 Å². The zero-order valence-electron chi connectivity index (χ0n) is 21.9. The standard InChI is InChI=1S/C28H31F3N2O5/c1-16(20-8-6-7-9-22(20)28(29,30)31)36-19-10-11-23-21(14-19)24(17(2)37-23)25(34)32-18-12-13-33(15-18)26(35)38-27(3,4)5/h6-11,14,16,18H,12-13,15H2,1-5H3,(H,32,34)/t16?,18-/m0/s1. The molecule has 7 nitrogen and oxygen atoms in total. The van der Waals surface area contributed by atoms with Crippen molar-refractivity contribution in [1.82, 2.24) is 10.2 Å². The number of hydrogen-bond acceptors (Lipinski definition) is 5. The molecule has 0 aliphatic carbocycles. The molecular weight excluding hydrogens is 501 g/mol. The Labute approximate surface area is 218 Å². The van der Waals surface area contributed by atoms with Crippen LogP contribution >= 0.6 is 0 Å². The summed E-state index contributed by atoms with van der Waals surface area (Å²) in [6.45, 7) is 9.36. The maximum Gasteiger partial charge on any atom is 0.416 e. The molecule has 1 N–H and O–H groups in total. The predicted octanol–water partition coefficient (Wildman–Crippen LogP) is 6.64. The van der Waals surface area contributed by atoms with Gasteiger partial charge in [-0.05, 0) is 65.3 Å². The Morgan fingerprint density at radius 1 is 1.13 bits per heavy atom. The Morgan fingerprint density at radius 3 is 2.53 bits per heavy atom. The van der Waals surface area contributed by atoms with Crippen molar-refractivity contribution in [3.63, 3.8) is 0 Å². The highest BCUT2D eigenvalue weighted by molar-refractivity contribution is 6.07. The molecule has 0 saturated carbocycles. The number of alkyl halides is 3. The molecule has 0 spiro atoms. The second-order valence-corrected chi connectivity index (χ2v) is 10.4. The Kier molecular flexibility index (Phi) is 7.36. The molecule has 1 saturated heterocycles. The number of carbonyl (C=O) groups excluding carboxylic acids is 2. The second kappa shape index (κ2) is 10.2. The number of aryl methyl sites for hydroxylation is 1. The second-order valence-electron chi connectivity index (χ2n) is 10.4. The average molecular weight is 533 g/mol. The first-order chi connectivity index (χ1) is 17.7. The number of furan rings is 1. The molecule has 38 heavy (non-hydrogen) atoms. The first kappa shape index (κ1) is 27.3. The lowest BCUT2D eigenvalue weighted by molar-refractivity contribution is -0.139. The maximum atomic E-state index is 13.5. The van der Waals surface area contributed by atoms with Crippen LogP contribution < -0.4 is 10.1 Å². The first-order valence-corrected chi connectivity index (χ1v) is 12.4. The smallest absolute Gasteiger partial charge is 0.416 e. The Balaban J connectivity index is 1.50. The molecule has 204 valence electrons. The number of likely N-dealkylation sites (tertiary alicyclic amines) is 1.